The Morgan fingerprint density at radius 3 is 2.80 bits per heavy atom. The van der Waals surface area contributed by atoms with Crippen LogP contribution in [0.1, 0.15) is 43.4 Å². The number of nitrogens with one attached hydrogen (secondary N) is 2. The zero-order valence-corrected chi connectivity index (χ0v) is 12.4. The fourth-order valence-electron chi connectivity index (χ4n) is 1.92. The monoisotopic (exact) mass is 288 g/mol. The van der Waals surface area contributed by atoms with E-state index in [1.807, 2.05) is 0 Å². The molecule has 104 valence electrons. The number of aromatic nitrogens is 5. The van der Waals surface area contributed by atoms with Crippen LogP contribution in [0.15, 0.2) is 18.0 Å². The van der Waals surface area contributed by atoms with Gasteiger partial charge in [-0.15, -0.1) is 11.3 Å². The van der Waals surface area contributed by atoms with Crippen LogP contribution in [0.5, 0.6) is 0 Å². The predicted molar refractivity (Wildman–Crippen MR) is 79.9 cm³/mol. The summed E-state index contributed by atoms with van der Waals surface area (Å²) in [4.78, 5) is 20.2. The molecular formula is C13H16N6S. The summed E-state index contributed by atoms with van der Waals surface area (Å²) in [5, 5.41) is 6.61. The molecule has 0 aromatic carbocycles. The van der Waals surface area contributed by atoms with Crippen molar-refractivity contribution in [1.82, 2.24) is 24.9 Å². The standard InChI is InChI=1S/C13H16N6S/c1-7(2)13-19-9(4-20-13)8(3)18-12-10-11(15-5-14-10)16-6-17-12/h4-8H,1-3H3,(H2,14,15,16,17,18)/t8-/m0/s1. The zero-order chi connectivity index (χ0) is 14.1. The largest absolute Gasteiger partial charge is 0.360 e. The maximum atomic E-state index is 4.66. The Labute approximate surface area is 120 Å². The van der Waals surface area contributed by atoms with Crippen LogP contribution in [-0.2, 0) is 0 Å². The highest BCUT2D eigenvalue weighted by Crippen LogP contribution is 2.25. The van der Waals surface area contributed by atoms with Crippen LogP contribution in [0, 0.1) is 0 Å². The van der Waals surface area contributed by atoms with Gasteiger partial charge in [-0.25, -0.2) is 19.9 Å². The Hall–Kier alpha value is -2.02. The Morgan fingerprint density at radius 1 is 1.20 bits per heavy atom. The molecule has 3 rings (SSSR count). The number of hydrogen-bond donors (Lipinski definition) is 2. The van der Waals surface area contributed by atoms with Crippen molar-refractivity contribution in [2.24, 2.45) is 0 Å². The van der Waals surface area contributed by atoms with Gasteiger partial charge in [-0.2, -0.15) is 0 Å². The van der Waals surface area contributed by atoms with E-state index in [0.29, 0.717) is 11.6 Å². The van der Waals surface area contributed by atoms with E-state index < -0.39 is 0 Å². The van der Waals surface area contributed by atoms with Crippen molar-refractivity contribution in [1.29, 1.82) is 0 Å². The number of fused-ring (bicyclic) bond motifs is 1. The summed E-state index contributed by atoms with van der Waals surface area (Å²) < 4.78 is 0. The molecule has 0 aliphatic heterocycles. The molecule has 3 heterocycles. The number of anilines is 1. The lowest BCUT2D eigenvalue weighted by Gasteiger charge is -2.12. The number of imidazole rings is 1. The van der Waals surface area contributed by atoms with Crippen molar-refractivity contribution in [2.75, 3.05) is 5.32 Å². The third-order valence-electron chi connectivity index (χ3n) is 3.05. The lowest BCUT2D eigenvalue weighted by molar-refractivity contribution is 0.799. The van der Waals surface area contributed by atoms with Gasteiger partial charge in [0.1, 0.15) is 11.8 Å². The molecule has 3 aromatic heterocycles. The van der Waals surface area contributed by atoms with Gasteiger partial charge in [0.25, 0.3) is 0 Å². The van der Waals surface area contributed by atoms with Crippen LogP contribution in [-0.4, -0.2) is 24.9 Å². The van der Waals surface area contributed by atoms with Crippen molar-refractivity contribution in [3.05, 3.63) is 28.7 Å². The second-order valence-electron chi connectivity index (χ2n) is 4.95. The van der Waals surface area contributed by atoms with Gasteiger partial charge < -0.3 is 10.3 Å². The topological polar surface area (TPSA) is 79.4 Å². The van der Waals surface area contributed by atoms with Gasteiger partial charge >= 0.3 is 0 Å². The average molecular weight is 288 g/mol. The van der Waals surface area contributed by atoms with Crippen LogP contribution in [0.3, 0.4) is 0 Å². The van der Waals surface area contributed by atoms with Gasteiger partial charge in [0.2, 0.25) is 0 Å². The molecule has 0 radical (unpaired) electrons. The number of thiazole rings is 1. The molecule has 1 atom stereocenters. The van der Waals surface area contributed by atoms with Gasteiger partial charge in [0, 0.05) is 11.3 Å². The molecule has 0 aliphatic carbocycles. The summed E-state index contributed by atoms with van der Waals surface area (Å²) in [5.74, 6) is 1.21. The minimum Gasteiger partial charge on any atom is -0.360 e. The van der Waals surface area contributed by atoms with Crippen LogP contribution in [0.4, 0.5) is 5.82 Å². The number of H-pyrrole nitrogens is 1. The maximum absolute atomic E-state index is 4.66. The van der Waals surface area contributed by atoms with Crippen molar-refractivity contribution in [3.8, 4) is 0 Å². The average Bonchev–Trinajstić information content (AvgIpc) is 3.08. The normalized spacial score (nSPS) is 13.0. The van der Waals surface area contributed by atoms with E-state index in [4.69, 9.17) is 0 Å². The third-order valence-corrected chi connectivity index (χ3v) is 4.22. The first-order chi connectivity index (χ1) is 9.65. The molecule has 0 unspecified atom stereocenters. The smallest absolute Gasteiger partial charge is 0.182 e. The molecule has 3 aromatic rings. The number of rotatable bonds is 4. The fourth-order valence-corrected chi connectivity index (χ4v) is 2.85. The minimum absolute atomic E-state index is 0.0835. The minimum atomic E-state index is 0.0835. The Morgan fingerprint density at radius 2 is 2.05 bits per heavy atom. The summed E-state index contributed by atoms with van der Waals surface area (Å²) >= 11 is 1.70. The molecule has 0 saturated heterocycles. The molecule has 6 nitrogen and oxygen atoms in total. The van der Waals surface area contributed by atoms with E-state index in [1.54, 1.807) is 17.7 Å². The quantitative estimate of drug-likeness (QED) is 0.771. The first kappa shape index (κ1) is 13.0. The van der Waals surface area contributed by atoms with Gasteiger partial charge in [-0.3, -0.25) is 0 Å². The number of aromatic amines is 1. The summed E-state index contributed by atoms with van der Waals surface area (Å²) in [5.41, 5.74) is 2.51. The maximum Gasteiger partial charge on any atom is 0.182 e. The summed E-state index contributed by atoms with van der Waals surface area (Å²) in [7, 11) is 0. The molecule has 0 spiro atoms. The highest BCUT2D eigenvalue weighted by molar-refractivity contribution is 7.09. The first-order valence-electron chi connectivity index (χ1n) is 6.51. The lowest BCUT2D eigenvalue weighted by atomic mass is 10.2. The van der Waals surface area contributed by atoms with E-state index >= 15 is 0 Å². The van der Waals surface area contributed by atoms with Crippen molar-refractivity contribution in [3.63, 3.8) is 0 Å². The second-order valence-corrected chi connectivity index (χ2v) is 5.84. The Bertz CT molecular complexity index is 716. The Balaban J connectivity index is 1.84. The molecule has 2 N–H and O–H groups in total. The fraction of sp³-hybridized carbons (Fsp3) is 0.385. The van der Waals surface area contributed by atoms with E-state index in [1.165, 1.54) is 6.33 Å². The first-order valence-corrected chi connectivity index (χ1v) is 7.39. The molecule has 20 heavy (non-hydrogen) atoms. The van der Waals surface area contributed by atoms with Crippen molar-refractivity contribution in [2.45, 2.75) is 32.7 Å². The van der Waals surface area contributed by atoms with Gasteiger partial charge in [-0.05, 0) is 6.92 Å². The van der Waals surface area contributed by atoms with Gasteiger partial charge in [0.05, 0.1) is 23.1 Å². The summed E-state index contributed by atoms with van der Waals surface area (Å²) in [6, 6.07) is 0.0835. The highest BCUT2D eigenvalue weighted by Gasteiger charge is 2.14. The number of nitrogens with zero attached hydrogens (tertiary/aromatic N) is 4. The molecule has 7 heteroatoms. The molecule has 0 saturated carbocycles. The van der Waals surface area contributed by atoms with E-state index in [0.717, 1.165) is 22.0 Å². The van der Waals surface area contributed by atoms with Gasteiger partial charge in [0.15, 0.2) is 11.5 Å². The number of hydrogen-bond acceptors (Lipinski definition) is 6. The molecular weight excluding hydrogens is 272 g/mol. The van der Waals surface area contributed by atoms with Gasteiger partial charge in [-0.1, -0.05) is 13.8 Å². The lowest BCUT2D eigenvalue weighted by Crippen LogP contribution is -2.09. The van der Waals surface area contributed by atoms with Crippen LogP contribution >= 0.6 is 11.3 Å². The predicted octanol–water partition coefficient (Wildman–Crippen LogP) is 3.11. The molecule has 0 bridgehead atoms. The second kappa shape index (κ2) is 5.16. The van der Waals surface area contributed by atoms with E-state index in [2.05, 4.69) is 56.4 Å². The third kappa shape index (κ3) is 2.36. The van der Waals surface area contributed by atoms with Crippen LogP contribution in [0.25, 0.3) is 11.2 Å². The van der Waals surface area contributed by atoms with E-state index in [9.17, 15) is 0 Å². The van der Waals surface area contributed by atoms with Crippen LogP contribution < -0.4 is 5.32 Å². The SMILES string of the molecule is CC(C)c1nc([C@H](C)Nc2ncnc3nc[nH]c23)cs1. The molecule has 0 aliphatic rings. The van der Waals surface area contributed by atoms with E-state index in [-0.39, 0.29) is 6.04 Å². The van der Waals surface area contributed by atoms with Crippen LogP contribution in [0.2, 0.25) is 0 Å². The molecule has 0 amide bonds. The molecule has 0 fully saturated rings. The van der Waals surface area contributed by atoms with Crippen molar-refractivity contribution >= 4 is 28.3 Å². The summed E-state index contributed by atoms with van der Waals surface area (Å²) in [6.07, 6.45) is 3.13. The van der Waals surface area contributed by atoms with Crippen molar-refractivity contribution < 1.29 is 0 Å². The zero-order valence-electron chi connectivity index (χ0n) is 11.6. The highest BCUT2D eigenvalue weighted by atomic mass is 32.1. The summed E-state index contributed by atoms with van der Waals surface area (Å²) in [6.45, 7) is 6.38. The Kier molecular flexibility index (Phi) is 3.35.